The van der Waals surface area contributed by atoms with Crippen LogP contribution in [0.2, 0.25) is 0 Å². The Bertz CT molecular complexity index is 564. The van der Waals surface area contributed by atoms with Gasteiger partial charge in [0.2, 0.25) is 11.8 Å². The van der Waals surface area contributed by atoms with Crippen LogP contribution in [-0.4, -0.2) is 37.5 Å². The molecule has 24 heavy (non-hydrogen) atoms. The smallest absolute Gasteiger partial charge is 0.242 e. The van der Waals surface area contributed by atoms with Crippen LogP contribution in [0.25, 0.3) is 0 Å². The summed E-state index contributed by atoms with van der Waals surface area (Å²) in [4.78, 5) is 26.3. The van der Waals surface area contributed by atoms with E-state index in [1.54, 1.807) is 6.92 Å². The second kappa shape index (κ2) is 8.71. The van der Waals surface area contributed by atoms with E-state index in [1.807, 2.05) is 26.8 Å². The highest BCUT2D eigenvalue weighted by molar-refractivity contribution is 5.89. The molecule has 0 aliphatic rings. The molecule has 0 aromatic heterocycles. The van der Waals surface area contributed by atoms with Gasteiger partial charge in [0.25, 0.3) is 0 Å². The van der Waals surface area contributed by atoms with Crippen LogP contribution in [0.1, 0.15) is 40.2 Å². The number of nitrogens with one attached hydrogen (secondary N) is 2. The predicted molar refractivity (Wildman–Crippen MR) is 99.1 cm³/mol. The van der Waals surface area contributed by atoms with E-state index >= 15 is 0 Å². The molecule has 0 saturated carbocycles. The van der Waals surface area contributed by atoms with Gasteiger partial charge in [-0.25, -0.2) is 0 Å². The van der Waals surface area contributed by atoms with E-state index in [-0.39, 0.29) is 11.8 Å². The Kier molecular flexibility index (Phi) is 7.26. The number of hydrogen-bond acceptors (Lipinski definition) is 3. The van der Waals surface area contributed by atoms with Crippen LogP contribution in [0.15, 0.2) is 24.3 Å². The Morgan fingerprint density at radius 2 is 1.92 bits per heavy atom. The van der Waals surface area contributed by atoms with E-state index in [0.717, 1.165) is 18.8 Å². The third-order valence-electron chi connectivity index (χ3n) is 3.85. The van der Waals surface area contributed by atoms with Crippen molar-refractivity contribution in [2.45, 2.75) is 47.6 Å². The van der Waals surface area contributed by atoms with E-state index in [2.05, 4.69) is 47.6 Å². The number of rotatable bonds is 7. The highest BCUT2D eigenvalue weighted by Crippen LogP contribution is 2.15. The average Bonchev–Trinajstić information content (AvgIpc) is 2.50. The van der Waals surface area contributed by atoms with Gasteiger partial charge in [-0.3, -0.25) is 9.59 Å². The van der Waals surface area contributed by atoms with Crippen LogP contribution in [0, 0.1) is 12.3 Å². The molecule has 0 fully saturated rings. The fourth-order valence-electron chi connectivity index (χ4n) is 2.24. The second-order valence-corrected chi connectivity index (χ2v) is 7.15. The van der Waals surface area contributed by atoms with Crippen LogP contribution < -0.4 is 15.5 Å². The molecule has 2 N–H and O–H groups in total. The van der Waals surface area contributed by atoms with Crippen molar-refractivity contribution in [3.05, 3.63) is 29.8 Å². The molecule has 1 atom stereocenters. The first-order valence-corrected chi connectivity index (χ1v) is 8.55. The van der Waals surface area contributed by atoms with Crippen molar-refractivity contribution in [2.24, 2.45) is 5.41 Å². The topological polar surface area (TPSA) is 61.4 Å². The Labute approximate surface area is 145 Å². The summed E-state index contributed by atoms with van der Waals surface area (Å²) in [5, 5.41) is 5.64. The molecule has 1 aromatic carbocycles. The lowest BCUT2D eigenvalue weighted by atomic mass is 9.95. The molecule has 134 valence electrons. The van der Waals surface area contributed by atoms with Gasteiger partial charge in [0, 0.05) is 30.7 Å². The molecule has 0 spiro atoms. The fraction of sp³-hybridized carbons (Fsp3) is 0.579. The molecule has 0 heterocycles. The first-order chi connectivity index (χ1) is 11.1. The normalized spacial score (nSPS) is 12.4. The van der Waals surface area contributed by atoms with Gasteiger partial charge < -0.3 is 15.5 Å². The summed E-state index contributed by atoms with van der Waals surface area (Å²) in [5.74, 6) is -0.284. The molecule has 0 saturated heterocycles. The molecule has 0 aliphatic heterocycles. The van der Waals surface area contributed by atoms with Crippen molar-refractivity contribution in [1.82, 2.24) is 10.6 Å². The maximum Gasteiger partial charge on any atom is 0.242 e. The summed E-state index contributed by atoms with van der Waals surface area (Å²) < 4.78 is 0. The molecule has 0 radical (unpaired) electrons. The third kappa shape index (κ3) is 6.22. The lowest BCUT2D eigenvalue weighted by Crippen LogP contribution is -2.49. The number of amides is 2. The molecular formula is C19H31N3O2. The quantitative estimate of drug-likeness (QED) is 0.806. The molecule has 1 aromatic rings. The third-order valence-corrected chi connectivity index (χ3v) is 3.85. The maximum absolute atomic E-state index is 12.1. The van der Waals surface area contributed by atoms with Crippen LogP contribution in [-0.2, 0) is 9.59 Å². The van der Waals surface area contributed by atoms with Gasteiger partial charge in [-0.05, 0) is 38.5 Å². The van der Waals surface area contributed by atoms with Crippen molar-refractivity contribution in [1.29, 1.82) is 0 Å². The molecule has 5 heteroatoms. The first kappa shape index (κ1) is 20.0. The Morgan fingerprint density at radius 1 is 1.25 bits per heavy atom. The van der Waals surface area contributed by atoms with E-state index in [4.69, 9.17) is 0 Å². The number of benzene rings is 1. The van der Waals surface area contributed by atoms with Crippen LogP contribution in [0.3, 0.4) is 0 Å². The molecule has 0 bridgehead atoms. The van der Waals surface area contributed by atoms with Gasteiger partial charge in [0.15, 0.2) is 0 Å². The second-order valence-electron chi connectivity index (χ2n) is 7.15. The van der Waals surface area contributed by atoms with Gasteiger partial charge in [-0.1, -0.05) is 32.9 Å². The van der Waals surface area contributed by atoms with Gasteiger partial charge in [0.1, 0.15) is 6.04 Å². The van der Waals surface area contributed by atoms with Gasteiger partial charge in [-0.15, -0.1) is 0 Å². The summed E-state index contributed by atoms with van der Waals surface area (Å²) in [7, 11) is 0. The van der Waals surface area contributed by atoms with Crippen molar-refractivity contribution in [3.63, 3.8) is 0 Å². The minimum absolute atomic E-state index is 0.125. The monoisotopic (exact) mass is 333 g/mol. The van der Waals surface area contributed by atoms with Crippen LogP contribution in [0.5, 0.6) is 0 Å². The Hall–Kier alpha value is -2.04. The summed E-state index contributed by atoms with van der Waals surface area (Å²) in [6.07, 6.45) is 0. The SMILES string of the molecule is CCN(CCNC(=O)C(C)NC(=O)C(C)(C)C)c1cccc(C)c1. The number of nitrogens with zero attached hydrogens (tertiary/aromatic N) is 1. The Morgan fingerprint density at radius 3 is 2.46 bits per heavy atom. The average molecular weight is 333 g/mol. The summed E-state index contributed by atoms with van der Waals surface area (Å²) in [6.45, 7) is 13.5. The zero-order chi connectivity index (χ0) is 18.3. The summed E-state index contributed by atoms with van der Waals surface area (Å²) in [5.41, 5.74) is 1.87. The predicted octanol–water partition coefficient (Wildman–Crippen LogP) is 2.49. The highest BCUT2D eigenvalue weighted by Gasteiger charge is 2.24. The number of carbonyl (C=O) groups is 2. The Balaban J connectivity index is 2.47. The summed E-state index contributed by atoms with van der Waals surface area (Å²) in [6, 6.07) is 7.78. The van der Waals surface area contributed by atoms with Crippen molar-refractivity contribution < 1.29 is 9.59 Å². The molecule has 1 rings (SSSR count). The number of hydrogen-bond donors (Lipinski definition) is 2. The zero-order valence-electron chi connectivity index (χ0n) is 15.8. The van der Waals surface area contributed by atoms with Crippen molar-refractivity contribution >= 4 is 17.5 Å². The van der Waals surface area contributed by atoms with E-state index in [9.17, 15) is 9.59 Å². The number of likely N-dealkylation sites (N-methyl/N-ethyl adjacent to an activating group) is 1. The van der Waals surface area contributed by atoms with Crippen LogP contribution >= 0.6 is 0 Å². The lowest BCUT2D eigenvalue weighted by Gasteiger charge is -2.25. The number of aryl methyl sites for hydroxylation is 1. The van der Waals surface area contributed by atoms with Crippen molar-refractivity contribution in [2.75, 3.05) is 24.5 Å². The maximum atomic E-state index is 12.1. The minimum atomic E-state index is -0.536. The standard InChI is InChI=1S/C19H31N3O2/c1-7-22(16-10-8-9-14(2)13-16)12-11-20-17(23)15(3)21-18(24)19(4,5)6/h8-10,13,15H,7,11-12H2,1-6H3,(H,20,23)(H,21,24). The van der Waals surface area contributed by atoms with Crippen LogP contribution in [0.4, 0.5) is 5.69 Å². The largest absolute Gasteiger partial charge is 0.370 e. The van der Waals surface area contributed by atoms with Gasteiger partial charge >= 0.3 is 0 Å². The molecule has 0 aliphatic carbocycles. The van der Waals surface area contributed by atoms with Crippen molar-refractivity contribution in [3.8, 4) is 0 Å². The molecule has 2 amide bonds. The molecular weight excluding hydrogens is 302 g/mol. The van der Waals surface area contributed by atoms with E-state index in [0.29, 0.717) is 6.54 Å². The fourth-order valence-corrected chi connectivity index (χ4v) is 2.24. The minimum Gasteiger partial charge on any atom is -0.370 e. The molecule has 1 unspecified atom stereocenters. The molecule has 5 nitrogen and oxygen atoms in total. The number of carbonyl (C=O) groups excluding carboxylic acids is 2. The van der Waals surface area contributed by atoms with E-state index < -0.39 is 11.5 Å². The van der Waals surface area contributed by atoms with Gasteiger partial charge in [-0.2, -0.15) is 0 Å². The van der Waals surface area contributed by atoms with E-state index in [1.165, 1.54) is 5.56 Å². The van der Waals surface area contributed by atoms with Gasteiger partial charge in [0.05, 0.1) is 0 Å². The lowest BCUT2D eigenvalue weighted by molar-refractivity contribution is -0.133. The first-order valence-electron chi connectivity index (χ1n) is 8.55. The number of anilines is 1. The highest BCUT2D eigenvalue weighted by atomic mass is 16.2. The zero-order valence-corrected chi connectivity index (χ0v) is 15.8. The summed E-state index contributed by atoms with van der Waals surface area (Å²) >= 11 is 0.